The van der Waals surface area contributed by atoms with E-state index in [0.717, 1.165) is 116 Å². The molecule has 0 saturated carbocycles. The number of rotatable bonds is 7. The molecule has 10 nitrogen and oxygen atoms in total. The van der Waals surface area contributed by atoms with Crippen molar-refractivity contribution in [3.63, 3.8) is 0 Å². The highest BCUT2D eigenvalue weighted by Gasteiger charge is 2.51. The third-order valence-corrected chi connectivity index (χ3v) is 13.2. The van der Waals surface area contributed by atoms with Gasteiger partial charge < -0.3 is 19.7 Å². The molecule has 4 aromatic rings. The maximum Gasteiger partial charge on any atom is 0.220 e. The van der Waals surface area contributed by atoms with E-state index in [9.17, 15) is 9.59 Å². The third kappa shape index (κ3) is 5.93. The average Bonchev–Trinajstić information content (AvgIpc) is 3.91. The summed E-state index contributed by atoms with van der Waals surface area (Å²) in [4.78, 5) is 40.8. The zero-order valence-corrected chi connectivity index (χ0v) is 32.4. The largest absolute Gasteiger partial charge is 0.481 e. The molecule has 280 valence electrons. The van der Waals surface area contributed by atoms with Gasteiger partial charge in [0.05, 0.1) is 35.7 Å². The Labute approximate surface area is 325 Å². The maximum absolute atomic E-state index is 11.9. The summed E-state index contributed by atoms with van der Waals surface area (Å²) in [6.45, 7) is 7.35. The summed E-state index contributed by atoms with van der Waals surface area (Å²) in [7, 11) is 3.36. The highest BCUT2D eigenvalue weighted by molar-refractivity contribution is 6.39. The number of methoxy groups -OCH3 is 2. The molecular weight excluding hydrogens is 723 g/mol. The lowest BCUT2D eigenvalue weighted by atomic mass is 9.77. The normalized spacial score (nSPS) is 21.9. The van der Waals surface area contributed by atoms with Crippen molar-refractivity contribution >= 4 is 35.0 Å². The molecule has 2 aromatic heterocycles. The molecule has 1 spiro atoms. The van der Waals surface area contributed by atoms with Gasteiger partial charge in [0.1, 0.15) is 0 Å². The van der Waals surface area contributed by atoms with Crippen LogP contribution in [0, 0.1) is 5.41 Å². The number of aryl methyl sites for hydroxylation is 2. The lowest BCUT2D eigenvalue weighted by Crippen LogP contribution is -2.58. The molecule has 0 radical (unpaired) electrons. The number of piperazine rings is 1. The Hall–Kier alpha value is -4.22. The van der Waals surface area contributed by atoms with Crippen LogP contribution in [-0.4, -0.2) is 96.5 Å². The summed E-state index contributed by atoms with van der Waals surface area (Å²) in [6, 6.07) is 16.7. The number of benzene rings is 2. The zero-order chi connectivity index (χ0) is 37.3. The van der Waals surface area contributed by atoms with Crippen molar-refractivity contribution in [2.45, 2.75) is 51.1 Å². The van der Waals surface area contributed by atoms with Crippen molar-refractivity contribution in [1.29, 1.82) is 0 Å². The van der Waals surface area contributed by atoms with Gasteiger partial charge in [-0.2, -0.15) is 0 Å². The van der Waals surface area contributed by atoms with Crippen molar-refractivity contribution in [3.8, 4) is 45.4 Å². The lowest BCUT2D eigenvalue weighted by molar-refractivity contribution is -0.131. The van der Waals surface area contributed by atoms with Crippen LogP contribution in [0.15, 0.2) is 48.5 Å². The maximum atomic E-state index is 11.9. The number of carbonyl (C=O) groups is 2. The number of hydrogen-bond donors (Lipinski definition) is 1. The average molecular weight is 768 g/mol. The van der Waals surface area contributed by atoms with Crippen LogP contribution in [0.5, 0.6) is 11.8 Å². The van der Waals surface area contributed by atoms with Gasteiger partial charge >= 0.3 is 0 Å². The quantitative estimate of drug-likeness (QED) is 0.220. The Morgan fingerprint density at radius 1 is 0.778 bits per heavy atom. The topological polar surface area (TPSA) is 100 Å². The van der Waals surface area contributed by atoms with E-state index in [1.807, 2.05) is 41.3 Å². The number of halogens is 2. The molecule has 2 atom stereocenters. The second kappa shape index (κ2) is 13.8. The number of likely N-dealkylation sites (tertiary alicyclic amines) is 1. The highest BCUT2D eigenvalue weighted by atomic mass is 35.5. The van der Waals surface area contributed by atoms with E-state index in [1.54, 1.807) is 21.1 Å². The molecule has 0 bridgehead atoms. The number of hydrogen-bond acceptors (Lipinski definition) is 8. The summed E-state index contributed by atoms with van der Waals surface area (Å²) >= 11 is 14.6. The van der Waals surface area contributed by atoms with Gasteiger partial charge in [0.15, 0.2) is 0 Å². The first-order chi connectivity index (χ1) is 26.2. The summed E-state index contributed by atoms with van der Waals surface area (Å²) in [5.41, 5.74) is 9.55. The zero-order valence-electron chi connectivity index (χ0n) is 30.9. The third-order valence-electron chi connectivity index (χ3n) is 12.4. The van der Waals surface area contributed by atoms with Crippen molar-refractivity contribution < 1.29 is 19.1 Å². The fourth-order valence-corrected chi connectivity index (χ4v) is 10.4. The molecule has 5 aliphatic rings. The first-order valence-electron chi connectivity index (χ1n) is 18.9. The van der Waals surface area contributed by atoms with E-state index < -0.39 is 0 Å². The van der Waals surface area contributed by atoms with Crippen LogP contribution in [0.4, 0.5) is 0 Å². The van der Waals surface area contributed by atoms with Gasteiger partial charge in [-0.15, -0.1) is 0 Å². The molecule has 9 rings (SSSR count). The molecule has 12 heteroatoms. The molecule has 3 saturated heterocycles. The number of ether oxygens (including phenoxy) is 2. The molecule has 5 heterocycles. The minimum atomic E-state index is 0.0629. The molecule has 2 amide bonds. The van der Waals surface area contributed by atoms with E-state index in [-0.39, 0.29) is 29.3 Å². The van der Waals surface area contributed by atoms with Gasteiger partial charge in [0.2, 0.25) is 23.6 Å². The summed E-state index contributed by atoms with van der Waals surface area (Å²) in [5.74, 6) is 1.54. The number of pyridine rings is 2. The van der Waals surface area contributed by atoms with Gasteiger partial charge in [0, 0.05) is 110 Å². The highest BCUT2D eigenvalue weighted by Crippen LogP contribution is 2.50. The van der Waals surface area contributed by atoms with Crippen LogP contribution in [0.1, 0.15) is 60.5 Å². The number of amides is 2. The lowest BCUT2D eigenvalue weighted by Gasteiger charge is -2.50. The smallest absolute Gasteiger partial charge is 0.220 e. The SMILES string of the molecule is COc1nc(-c2cccc(-c3cccc(-c4cc5c(c(OC)n4)[C@@H](N4CC6(CNC(=O)C6)C4)CC5)c3Cl)c2Cl)cc2c1[C@H](N1CCN(C(C)=O)CC1)CC2. The second-order valence-electron chi connectivity index (χ2n) is 15.5. The fraction of sp³-hybridized carbons (Fsp3) is 0.429. The Morgan fingerprint density at radius 2 is 1.28 bits per heavy atom. The van der Waals surface area contributed by atoms with Crippen LogP contribution in [0.25, 0.3) is 33.6 Å². The standard InChI is InChI=1S/C42H44Cl2N6O4/c1-24(51)48-14-16-49(17-15-48)33-12-10-25-18-31(46-40(53-2)36(25)33)29-8-4-6-27(38(29)43)28-7-5-9-30(39(28)44)32-19-26-11-13-34(37(26)41(47-32)54-3)50-22-42(23-50)20-35(52)45-21-42/h4-9,18-19,33-34H,10-17,20-23H2,1-3H3,(H,45,52)/t33-,34+/m1/s1. The van der Waals surface area contributed by atoms with Crippen LogP contribution in [0.2, 0.25) is 10.0 Å². The Balaban J connectivity index is 1.00. The number of nitrogens with zero attached hydrogens (tertiary/aromatic N) is 5. The van der Waals surface area contributed by atoms with E-state index in [1.165, 1.54) is 11.1 Å². The molecule has 0 unspecified atom stereocenters. The molecule has 2 aliphatic carbocycles. The van der Waals surface area contributed by atoms with Gasteiger partial charge in [0.25, 0.3) is 0 Å². The van der Waals surface area contributed by atoms with Crippen LogP contribution in [0.3, 0.4) is 0 Å². The first kappa shape index (κ1) is 35.5. The van der Waals surface area contributed by atoms with Crippen LogP contribution < -0.4 is 14.8 Å². The number of aromatic nitrogens is 2. The number of carbonyl (C=O) groups excluding carboxylic acids is 2. The molecule has 2 aromatic carbocycles. The molecule has 1 N–H and O–H groups in total. The second-order valence-corrected chi connectivity index (χ2v) is 16.3. The van der Waals surface area contributed by atoms with Crippen molar-refractivity contribution in [3.05, 3.63) is 80.8 Å². The molecule has 54 heavy (non-hydrogen) atoms. The van der Waals surface area contributed by atoms with E-state index in [4.69, 9.17) is 42.6 Å². The van der Waals surface area contributed by atoms with Gasteiger partial charge in [-0.25, -0.2) is 9.97 Å². The predicted octanol–water partition coefficient (Wildman–Crippen LogP) is 6.76. The van der Waals surface area contributed by atoms with E-state index >= 15 is 0 Å². The summed E-state index contributed by atoms with van der Waals surface area (Å²) in [6.07, 6.45) is 4.42. The van der Waals surface area contributed by atoms with Crippen LogP contribution in [-0.2, 0) is 22.4 Å². The van der Waals surface area contributed by atoms with E-state index in [2.05, 4.69) is 27.2 Å². The van der Waals surface area contributed by atoms with Crippen molar-refractivity contribution in [2.24, 2.45) is 5.41 Å². The molecule has 3 fully saturated rings. The fourth-order valence-electron chi connectivity index (χ4n) is 9.72. The minimum absolute atomic E-state index is 0.0629. The Kier molecular flexibility index (Phi) is 9.08. The first-order valence-corrected chi connectivity index (χ1v) is 19.7. The summed E-state index contributed by atoms with van der Waals surface area (Å²) < 4.78 is 11.9. The monoisotopic (exact) mass is 766 g/mol. The minimum Gasteiger partial charge on any atom is -0.481 e. The Bertz CT molecular complexity index is 2180. The Morgan fingerprint density at radius 3 is 1.74 bits per heavy atom. The van der Waals surface area contributed by atoms with E-state index in [0.29, 0.717) is 28.2 Å². The predicted molar refractivity (Wildman–Crippen MR) is 209 cm³/mol. The molecule has 3 aliphatic heterocycles. The molecular formula is C42H44Cl2N6O4. The number of nitrogens with one attached hydrogen (secondary N) is 1. The summed E-state index contributed by atoms with van der Waals surface area (Å²) in [5, 5.41) is 4.14. The van der Waals surface area contributed by atoms with Gasteiger partial charge in [-0.05, 0) is 48.9 Å². The number of fused-ring (bicyclic) bond motifs is 2. The van der Waals surface area contributed by atoms with Gasteiger partial charge in [-0.3, -0.25) is 19.4 Å². The van der Waals surface area contributed by atoms with Crippen molar-refractivity contribution in [2.75, 3.05) is 60.0 Å². The van der Waals surface area contributed by atoms with Gasteiger partial charge in [-0.1, -0.05) is 59.6 Å². The van der Waals surface area contributed by atoms with Crippen molar-refractivity contribution in [1.82, 2.24) is 30.0 Å². The van der Waals surface area contributed by atoms with Crippen LogP contribution >= 0.6 is 23.2 Å².